The summed E-state index contributed by atoms with van der Waals surface area (Å²) in [6.45, 7) is 2.41. The predicted molar refractivity (Wildman–Crippen MR) is 204 cm³/mol. The van der Waals surface area contributed by atoms with E-state index in [2.05, 4.69) is 183 Å². The third-order valence-electron chi connectivity index (χ3n) is 11.8. The summed E-state index contributed by atoms with van der Waals surface area (Å²) in [5.41, 5.74) is 15.7. The zero-order valence-electron chi connectivity index (χ0n) is 27.7. The van der Waals surface area contributed by atoms with Gasteiger partial charge in [0.1, 0.15) is 11.5 Å². The zero-order chi connectivity index (χ0) is 33.0. The highest BCUT2D eigenvalue weighted by Gasteiger charge is 2.52. The Labute approximate surface area is 292 Å². The highest BCUT2D eigenvalue weighted by molar-refractivity contribution is 5.96. The van der Waals surface area contributed by atoms with Gasteiger partial charge in [-0.2, -0.15) is 0 Å². The lowest BCUT2D eigenvalue weighted by Crippen LogP contribution is -2.32. The summed E-state index contributed by atoms with van der Waals surface area (Å²) in [6.07, 6.45) is 0. The Balaban J connectivity index is 1.22. The van der Waals surface area contributed by atoms with Crippen LogP contribution in [0.1, 0.15) is 45.9 Å². The Morgan fingerprint density at radius 2 is 0.940 bits per heavy atom. The van der Waals surface area contributed by atoms with Gasteiger partial charge in [0, 0.05) is 16.5 Å². The average molecular weight is 637 g/mol. The van der Waals surface area contributed by atoms with Gasteiger partial charge < -0.3 is 4.74 Å². The largest absolute Gasteiger partial charge is 0.457 e. The van der Waals surface area contributed by atoms with Crippen LogP contribution >= 0.6 is 0 Å². The molecule has 0 saturated heterocycles. The van der Waals surface area contributed by atoms with Crippen LogP contribution < -0.4 is 4.74 Å². The number of hydrogen-bond acceptors (Lipinski definition) is 1. The van der Waals surface area contributed by atoms with Crippen LogP contribution in [0.5, 0.6) is 11.5 Å². The molecule has 234 valence electrons. The summed E-state index contributed by atoms with van der Waals surface area (Å²) >= 11 is 0. The lowest BCUT2D eigenvalue weighted by molar-refractivity contribution is 0.437. The Hall–Kier alpha value is -6.18. The van der Waals surface area contributed by atoms with Crippen molar-refractivity contribution in [3.8, 4) is 44.9 Å². The molecular formula is C49H32O. The molecule has 11 rings (SSSR count). The standard InChI is InChI=1S/C49H32O/c1-48(34-16-3-2-4-17-34)43-30-33(26-27-38(43)39-28-31-14-5-6-15-32(31)29-44(39)48)35-20-13-25-46-47(35)49(42-23-11-12-24-45(42)50-46)40-21-9-7-18-36(40)37-19-8-10-22-41(37)49/h2-30H,1H3. The van der Waals surface area contributed by atoms with Crippen LogP contribution in [-0.2, 0) is 10.8 Å². The van der Waals surface area contributed by atoms with Gasteiger partial charge >= 0.3 is 0 Å². The Kier molecular flexibility index (Phi) is 5.51. The van der Waals surface area contributed by atoms with Crippen molar-refractivity contribution < 1.29 is 4.74 Å². The fraction of sp³-hybridized carbons (Fsp3) is 0.0612. The Bertz CT molecular complexity index is 2660. The van der Waals surface area contributed by atoms with Crippen molar-refractivity contribution in [2.45, 2.75) is 17.8 Å². The maximum Gasteiger partial charge on any atom is 0.132 e. The molecule has 1 heterocycles. The molecule has 1 aliphatic heterocycles. The van der Waals surface area contributed by atoms with Crippen LogP contribution in [0.15, 0.2) is 176 Å². The van der Waals surface area contributed by atoms with Gasteiger partial charge in [-0.3, -0.25) is 0 Å². The lowest BCUT2D eigenvalue weighted by atomic mass is 9.64. The van der Waals surface area contributed by atoms with E-state index in [1.54, 1.807) is 0 Å². The fourth-order valence-electron chi connectivity index (χ4n) is 9.62. The molecule has 0 bridgehead atoms. The molecule has 8 aromatic carbocycles. The number of hydrogen-bond donors (Lipinski definition) is 0. The summed E-state index contributed by atoms with van der Waals surface area (Å²) in [6, 6.07) is 65.0. The monoisotopic (exact) mass is 636 g/mol. The molecular weight excluding hydrogens is 605 g/mol. The van der Waals surface area contributed by atoms with Crippen LogP contribution in [0.2, 0.25) is 0 Å². The van der Waals surface area contributed by atoms with Crippen LogP contribution in [0.3, 0.4) is 0 Å². The first-order valence-electron chi connectivity index (χ1n) is 17.5. The molecule has 0 N–H and O–H groups in total. The molecule has 1 atom stereocenters. The van der Waals surface area contributed by atoms with Gasteiger partial charge in [0.2, 0.25) is 0 Å². The third kappa shape index (κ3) is 3.42. The Morgan fingerprint density at radius 1 is 0.380 bits per heavy atom. The van der Waals surface area contributed by atoms with E-state index in [9.17, 15) is 0 Å². The molecule has 1 spiro atoms. The van der Waals surface area contributed by atoms with E-state index in [1.165, 1.54) is 83.1 Å². The molecule has 0 amide bonds. The smallest absolute Gasteiger partial charge is 0.132 e. The van der Waals surface area contributed by atoms with Crippen LogP contribution in [0, 0.1) is 0 Å². The normalized spacial score (nSPS) is 16.9. The molecule has 2 aliphatic carbocycles. The summed E-state index contributed by atoms with van der Waals surface area (Å²) in [4.78, 5) is 0. The third-order valence-corrected chi connectivity index (χ3v) is 11.8. The molecule has 8 aromatic rings. The molecule has 0 radical (unpaired) electrons. The van der Waals surface area contributed by atoms with E-state index < -0.39 is 5.41 Å². The predicted octanol–water partition coefficient (Wildman–Crippen LogP) is 12.3. The molecule has 1 heteroatoms. The first-order chi connectivity index (χ1) is 24.7. The minimum absolute atomic E-state index is 0.325. The molecule has 1 unspecified atom stereocenters. The van der Waals surface area contributed by atoms with Crippen LogP contribution in [0.4, 0.5) is 0 Å². The van der Waals surface area contributed by atoms with Crippen LogP contribution in [0.25, 0.3) is 44.2 Å². The Morgan fingerprint density at radius 3 is 1.70 bits per heavy atom. The van der Waals surface area contributed by atoms with Crippen molar-refractivity contribution in [3.05, 3.63) is 215 Å². The first kappa shape index (κ1) is 27.7. The fourth-order valence-corrected chi connectivity index (χ4v) is 9.62. The van der Waals surface area contributed by atoms with Crippen LogP contribution in [-0.4, -0.2) is 0 Å². The number of ether oxygens (including phenoxy) is 1. The number of rotatable bonds is 2. The summed E-state index contributed by atoms with van der Waals surface area (Å²) in [7, 11) is 0. The van der Waals surface area contributed by atoms with Crippen molar-refractivity contribution in [1.82, 2.24) is 0 Å². The average Bonchev–Trinajstić information content (AvgIpc) is 3.61. The van der Waals surface area contributed by atoms with E-state index in [0.29, 0.717) is 0 Å². The highest BCUT2D eigenvalue weighted by Crippen LogP contribution is 2.64. The second-order valence-corrected chi connectivity index (χ2v) is 14.1. The second kappa shape index (κ2) is 9.94. The molecule has 0 saturated carbocycles. The number of benzene rings is 8. The zero-order valence-corrected chi connectivity index (χ0v) is 27.7. The molecule has 1 nitrogen and oxygen atoms in total. The molecule has 0 aromatic heterocycles. The summed E-state index contributed by atoms with van der Waals surface area (Å²) < 4.78 is 6.85. The van der Waals surface area contributed by atoms with Gasteiger partial charge in [-0.15, -0.1) is 0 Å². The maximum absolute atomic E-state index is 6.85. The van der Waals surface area contributed by atoms with Gasteiger partial charge in [-0.1, -0.05) is 146 Å². The minimum atomic E-state index is -0.531. The van der Waals surface area contributed by atoms with E-state index in [4.69, 9.17) is 4.74 Å². The van der Waals surface area contributed by atoms with E-state index in [0.717, 1.165) is 11.5 Å². The SMILES string of the molecule is CC1(c2ccccc2)c2cc(-c3cccc4c3C3(c5ccccc5O4)c4ccccc4-c4ccccc43)ccc2-c2cc3ccccc3cc21. The van der Waals surface area contributed by atoms with Crippen molar-refractivity contribution in [2.75, 3.05) is 0 Å². The van der Waals surface area contributed by atoms with Gasteiger partial charge in [-0.05, 0) is 109 Å². The van der Waals surface area contributed by atoms with Crippen molar-refractivity contribution in [1.29, 1.82) is 0 Å². The molecule has 3 aliphatic rings. The first-order valence-corrected chi connectivity index (χ1v) is 17.5. The minimum Gasteiger partial charge on any atom is -0.457 e. The molecule has 50 heavy (non-hydrogen) atoms. The van der Waals surface area contributed by atoms with Gasteiger partial charge in [0.05, 0.1) is 5.41 Å². The maximum atomic E-state index is 6.85. The summed E-state index contributed by atoms with van der Waals surface area (Å²) in [5, 5.41) is 2.54. The highest BCUT2D eigenvalue weighted by atomic mass is 16.5. The lowest BCUT2D eigenvalue weighted by Gasteiger charge is -2.40. The van der Waals surface area contributed by atoms with Crippen molar-refractivity contribution in [3.63, 3.8) is 0 Å². The van der Waals surface area contributed by atoms with Gasteiger partial charge in [0.15, 0.2) is 0 Å². The van der Waals surface area contributed by atoms with Gasteiger partial charge in [0.25, 0.3) is 0 Å². The van der Waals surface area contributed by atoms with Crippen molar-refractivity contribution >= 4 is 10.8 Å². The molecule has 0 fully saturated rings. The topological polar surface area (TPSA) is 9.23 Å². The van der Waals surface area contributed by atoms with Gasteiger partial charge in [-0.25, -0.2) is 0 Å². The van der Waals surface area contributed by atoms with E-state index >= 15 is 0 Å². The number of para-hydroxylation sites is 1. The van der Waals surface area contributed by atoms with Crippen molar-refractivity contribution in [2.24, 2.45) is 0 Å². The summed E-state index contributed by atoms with van der Waals surface area (Å²) in [5.74, 6) is 1.82. The van der Waals surface area contributed by atoms with E-state index in [-0.39, 0.29) is 5.41 Å². The second-order valence-electron chi connectivity index (χ2n) is 14.1. The number of fused-ring (bicyclic) bond motifs is 13. The quantitative estimate of drug-likeness (QED) is 0.183. The van der Waals surface area contributed by atoms with E-state index in [1.807, 2.05) is 0 Å².